The first-order chi connectivity index (χ1) is 10.4. The molecule has 1 atom stereocenters. The van der Waals surface area contributed by atoms with Crippen LogP contribution in [0.15, 0.2) is 36.5 Å². The number of hydrogen-bond acceptors (Lipinski definition) is 2. The third kappa shape index (κ3) is 3.39. The Morgan fingerprint density at radius 3 is 2.45 bits per heavy atom. The minimum absolute atomic E-state index is 0.0152. The Hall–Kier alpha value is -2.07. The lowest BCUT2D eigenvalue weighted by atomic mass is 10.0. The molecule has 0 saturated carbocycles. The van der Waals surface area contributed by atoms with Gasteiger partial charge in [0, 0.05) is 25.5 Å². The SMILES string of the molecule is Cc1ccccc1C(CNC(=O)c1ccn(C)c1C)N(C)C. The molecule has 1 amide bonds. The average Bonchev–Trinajstić information content (AvgIpc) is 2.80. The molecular formula is C18H25N3O. The molecule has 0 aliphatic heterocycles. The van der Waals surface area contributed by atoms with E-state index in [-0.39, 0.29) is 11.9 Å². The van der Waals surface area contributed by atoms with Crippen LogP contribution in [0.25, 0.3) is 0 Å². The maximum atomic E-state index is 12.4. The number of aromatic nitrogens is 1. The highest BCUT2D eigenvalue weighted by Crippen LogP contribution is 2.21. The van der Waals surface area contributed by atoms with Crippen molar-refractivity contribution in [1.29, 1.82) is 0 Å². The zero-order valence-corrected chi connectivity index (χ0v) is 14.1. The number of aryl methyl sites for hydroxylation is 2. The molecule has 4 heteroatoms. The molecule has 1 heterocycles. The highest BCUT2D eigenvalue weighted by Gasteiger charge is 2.18. The van der Waals surface area contributed by atoms with Gasteiger partial charge in [0.05, 0.1) is 11.6 Å². The highest BCUT2D eigenvalue weighted by atomic mass is 16.1. The third-order valence-electron chi connectivity index (χ3n) is 4.26. The summed E-state index contributed by atoms with van der Waals surface area (Å²) in [7, 11) is 6.02. The average molecular weight is 299 g/mol. The van der Waals surface area contributed by atoms with Crippen LogP contribution in [0.2, 0.25) is 0 Å². The second-order valence-corrected chi connectivity index (χ2v) is 5.97. The molecular weight excluding hydrogens is 274 g/mol. The predicted molar refractivity (Wildman–Crippen MR) is 90.1 cm³/mol. The number of carbonyl (C=O) groups excluding carboxylic acids is 1. The summed E-state index contributed by atoms with van der Waals surface area (Å²) in [5, 5.41) is 3.07. The molecule has 1 N–H and O–H groups in total. The van der Waals surface area contributed by atoms with E-state index in [4.69, 9.17) is 0 Å². The molecule has 0 aliphatic rings. The van der Waals surface area contributed by atoms with Gasteiger partial charge in [0.15, 0.2) is 0 Å². The van der Waals surface area contributed by atoms with Gasteiger partial charge in [-0.1, -0.05) is 24.3 Å². The summed E-state index contributed by atoms with van der Waals surface area (Å²) in [6, 6.07) is 10.3. The van der Waals surface area contributed by atoms with Crippen LogP contribution < -0.4 is 5.32 Å². The van der Waals surface area contributed by atoms with Gasteiger partial charge in [-0.3, -0.25) is 4.79 Å². The fraction of sp³-hybridized carbons (Fsp3) is 0.389. The van der Waals surface area contributed by atoms with Gasteiger partial charge in [-0.25, -0.2) is 0 Å². The van der Waals surface area contributed by atoms with Crippen molar-refractivity contribution < 1.29 is 4.79 Å². The van der Waals surface area contributed by atoms with Crippen molar-refractivity contribution in [3.8, 4) is 0 Å². The Kier molecular flexibility index (Phi) is 5.03. The summed E-state index contributed by atoms with van der Waals surface area (Å²) in [6.07, 6.45) is 1.91. The summed E-state index contributed by atoms with van der Waals surface area (Å²) < 4.78 is 1.96. The molecule has 2 rings (SSSR count). The Balaban J connectivity index is 2.12. The Morgan fingerprint density at radius 2 is 1.91 bits per heavy atom. The van der Waals surface area contributed by atoms with Crippen molar-refractivity contribution in [2.75, 3.05) is 20.6 Å². The Morgan fingerprint density at radius 1 is 1.23 bits per heavy atom. The van der Waals surface area contributed by atoms with Crippen LogP contribution >= 0.6 is 0 Å². The zero-order valence-electron chi connectivity index (χ0n) is 14.1. The van der Waals surface area contributed by atoms with Crippen molar-refractivity contribution >= 4 is 5.91 Å². The van der Waals surface area contributed by atoms with Crippen molar-refractivity contribution in [2.24, 2.45) is 7.05 Å². The fourth-order valence-electron chi connectivity index (χ4n) is 2.66. The molecule has 0 saturated heterocycles. The number of benzene rings is 1. The molecule has 22 heavy (non-hydrogen) atoms. The van der Waals surface area contributed by atoms with Gasteiger partial charge in [-0.05, 0) is 45.1 Å². The van der Waals surface area contributed by atoms with E-state index in [2.05, 4.69) is 29.3 Å². The van der Waals surface area contributed by atoms with Crippen molar-refractivity contribution in [3.05, 3.63) is 58.9 Å². The molecule has 118 valence electrons. The molecule has 2 aromatic rings. The fourth-order valence-corrected chi connectivity index (χ4v) is 2.66. The number of hydrogen-bond donors (Lipinski definition) is 1. The molecule has 4 nitrogen and oxygen atoms in total. The zero-order chi connectivity index (χ0) is 16.3. The molecule has 0 bridgehead atoms. The number of nitrogens with zero attached hydrogens (tertiary/aromatic N) is 2. The van der Waals surface area contributed by atoms with Crippen LogP contribution in [0.1, 0.15) is 33.2 Å². The second-order valence-electron chi connectivity index (χ2n) is 5.97. The summed E-state index contributed by atoms with van der Waals surface area (Å²) >= 11 is 0. The summed E-state index contributed by atoms with van der Waals surface area (Å²) in [5.41, 5.74) is 4.21. The number of nitrogens with one attached hydrogen (secondary N) is 1. The minimum Gasteiger partial charge on any atom is -0.354 e. The van der Waals surface area contributed by atoms with Gasteiger partial charge < -0.3 is 14.8 Å². The standard InChI is InChI=1S/C18H25N3O/c1-13-8-6-7-9-15(13)17(20(3)4)12-19-18(22)16-10-11-21(5)14(16)2/h6-11,17H,12H2,1-5H3,(H,19,22). The Labute approximate surface area is 132 Å². The molecule has 1 unspecified atom stereocenters. The molecule has 0 fully saturated rings. The van der Waals surface area contributed by atoms with E-state index in [0.717, 1.165) is 11.3 Å². The molecule has 0 radical (unpaired) electrons. The monoisotopic (exact) mass is 299 g/mol. The van der Waals surface area contributed by atoms with Crippen LogP contribution in [0.3, 0.4) is 0 Å². The quantitative estimate of drug-likeness (QED) is 0.921. The van der Waals surface area contributed by atoms with E-state index < -0.39 is 0 Å². The smallest absolute Gasteiger partial charge is 0.253 e. The summed E-state index contributed by atoms with van der Waals surface area (Å²) in [5.74, 6) is -0.0152. The molecule has 1 aromatic carbocycles. The van der Waals surface area contributed by atoms with E-state index in [0.29, 0.717) is 6.54 Å². The van der Waals surface area contributed by atoms with Crippen molar-refractivity contribution in [2.45, 2.75) is 19.9 Å². The van der Waals surface area contributed by atoms with Gasteiger partial charge in [0.2, 0.25) is 0 Å². The van der Waals surface area contributed by atoms with E-state index in [1.54, 1.807) is 0 Å². The number of carbonyl (C=O) groups is 1. The minimum atomic E-state index is -0.0152. The molecule has 1 aromatic heterocycles. The van der Waals surface area contributed by atoms with Gasteiger partial charge >= 0.3 is 0 Å². The molecule has 0 spiro atoms. The van der Waals surface area contributed by atoms with Crippen molar-refractivity contribution in [3.63, 3.8) is 0 Å². The van der Waals surface area contributed by atoms with Crippen LogP contribution in [0.5, 0.6) is 0 Å². The predicted octanol–water partition coefficient (Wildman–Crippen LogP) is 2.67. The van der Waals surface area contributed by atoms with Gasteiger partial charge in [0.25, 0.3) is 5.91 Å². The van der Waals surface area contributed by atoms with E-state index >= 15 is 0 Å². The largest absolute Gasteiger partial charge is 0.354 e. The lowest BCUT2D eigenvalue weighted by Gasteiger charge is -2.26. The Bertz CT molecular complexity index is 658. The van der Waals surface area contributed by atoms with E-state index in [1.807, 2.05) is 57.0 Å². The van der Waals surface area contributed by atoms with E-state index in [1.165, 1.54) is 11.1 Å². The third-order valence-corrected chi connectivity index (χ3v) is 4.26. The number of likely N-dealkylation sites (N-methyl/N-ethyl adjacent to an activating group) is 1. The first-order valence-electron chi connectivity index (χ1n) is 7.54. The highest BCUT2D eigenvalue weighted by molar-refractivity contribution is 5.95. The number of rotatable bonds is 5. The maximum Gasteiger partial charge on any atom is 0.253 e. The van der Waals surface area contributed by atoms with Gasteiger partial charge in [-0.2, -0.15) is 0 Å². The van der Waals surface area contributed by atoms with Gasteiger partial charge in [0.1, 0.15) is 0 Å². The first-order valence-corrected chi connectivity index (χ1v) is 7.54. The van der Waals surface area contributed by atoms with Crippen LogP contribution in [-0.4, -0.2) is 36.0 Å². The lowest BCUT2D eigenvalue weighted by Crippen LogP contribution is -2.35. The topological polar surface area (TPSA) is 37.3 Å². The van der Waals surface area contributed by atoms with Gasteiger partial charge in [-0.15, -0.1) is 0 Å². The van der Waals surface area contributed by atoms with Crippen LogP contribution in [0, 0.1) is 13.8 Å². The maximum absolute atomic E-state index is 12.4. The van der Waals surface area contributed by atoms with Crippen molar-refractivity contribution in [1.82, 2.24) is 14.8 Å². The summed E-state index contributed by atoms with van der Waals surface area (Å²) in [6.45, 7) is 4.65. The van der Waals surface area contributed by atoms with Crippen LogP contribution in [0.4, 0.5) is 0 Å². The second kappa shape index (κ2) is 6.79. The normalized spacial score (nSPS) is 12.5. The first kappa shape index (κ1) is 16.3. The summed E-state index contributed by atoms with van der Waals surface area (Å²) in [4.78, 5) is 14.5. The lowest BCUT2D eigenvalue weighted by molar-refractivity contribution is 0.0941. The van der Waals surface area contributed by atoms with E-state index in [9.17, 15) is 4.79 Å². The molecule has 0 aliphatic carbocycles. The van der Waals surface area contributed by atoms with Crippen LogP contribution in [-0.2, 0) is 7.05 Å². The number of amides is 1.